The molecule has 0 aliphatic heterocycles. The van der Waals surface area contributed by atoms with Gasteiger partial charge in [0.2, 0.25) is 0 Å². The monoisotopic (exact) mass is 264 g/mol. The van der Waals surface area contributed by atoms with Crippen LogP contribution in [0.2, 0.25) is 0 Å². The summed E-state index contributed by atoms with van der Waals surface area (Å²) >= 11 is 0. The molecule has 108 valence electrons. The van der Waals surface area contributed by atoms with Gasteiger partial charge in [-0.1, -0.05) is 25.5 Å². The molecule has 1 aromatic carbocycles. The standard InChI is InChI=1S/C16H28N2O/c1-4-5-10-19-11-9-18(14(2)3)13-15-7-6-8-16(17)12-15/h6-8,12,14H,4-5,9-11,13,17H2,1-3H3. The summed E-state index contributed by atoms with van der Waals surface area (Å²) in [5.41, 5.74) is 7.92. The molecule has 0 bridgehead atoms. The average Bonchev–Trinajstić information content (AvgIpc) is 2.37. The van der Waals surface area contributed by atoms with Crippen molar-refractivity contribution in [3.05, 3.63) is 29.8 Å². The lowest BCUT2D eigenvalue weighted by Gasteiger charge is -2.26. The van der Waals surface area contributed by atoms with Crippen LogP contribution >= 0.6 is 0 Å². The molecule has 0 atom stereocenters. The van der Waals surface area contributed by atoms with E-state index in [4.69, 9.17) is 10.5 Å². The Balaban J connectivity index is 2.40. The highest BCUT2D eigenvalue weighted by Crippen LogP contribution is 2.11. The van der Waals surface area contributed by atoms with Gasteiger partial charge in [-0.3, -0.25) is 4.90 Å². The van der Waals surface area contributed by atoms with Crippen LogP contribution in [0.4, 0.5) is 5.69 Å². The highest BCUT2D eigenvalue weighted by Gasteiger charge is 2.10. The van der Waals surface area contributed by atoms with E-state index in [9.17, 15) is 0 Å². The summed E-state index contributed by atoms with van der Waals surface area (Å²) in [5.74, 6) is 0. The second-order valence-electron chi connectivity index (χ2n) is 5.28. The predicted octanol–water partition coefficient (Wildman–Crippen LogP) is 3.30. The van der Waals surface area contributed by atoms with Crippen LogP contribution in [0.1, 0.15) is 39.2 Å². The minimum atomic E-state index is 0.510. The Hall–Kier alpha value is -1.06. The van der Waals surface area contributed by atoms with Gasteiger partial charge in [-0.2, -0.15) is 0 Å². The molecule has 0 aromatic heterocycles. The van der Waals surface area contributed by atoms with Gasteiger partial charge in [-0.15, -0.1) is 0 Å². The Labute approximate surface area is 117 Å². The van der Waals surface area contributed by atoms with Gasteiger partial charge in [-0.25, -0.2) is 0 Å². The Kier molecular flexibility index (Phi) is 7.53. The summed E-state index contributed by atoms with van der Waals surface area (Å²) in [7, 11) is 0. The highest BCUT2D eigenvalue weighted by atomic mass is 16.5. The summed E-state index contributed by atoms with van der Waals surface area (Å²) in [6, 6.07) is 8.63. The maximum atomic E-state index is 5.82. The van der Waals surface area contributed by atoms with Crippen molar-refractivity contribution in [3.8, 4) is 0 Å². The molecule has 0 aliphatic rings. The van der Waals surface area contributed by atoms with E-state index < -0.39 is 0 Å². The van der Waals surface area contributed by atoms with Gasteiger partial charge in [0.25, 0.3) is 0 Å². The maximum Gasteiger partial charge on any atom is 0.0593 e. The molecular formula is C16H28N2O. The SMILES string of the molecule is CCCCOCCN(Cc1cccc(N)c1)C(C)C. The molecule has 3 nitrogen and oxygen atoms in total. The molecule has 0 radical (unpaired) electrons. The zero-order valence-corrected chi connectivity index (χ0v) is 12.6. The lowest BCUT2D eigenvalue weighted by Crippen LogP contribution is -2.33. The van der Waals surface area contributed by atoms with Crippen molar-refractivity contribution in [3.63, 3.8) is 0 Å². The third kappa shape index (κ3) is 6.60. The molecule has 0 saturated carbocycles. The lowest BCUT2D eigenvalue weighted by atomic mass is 10.1. The molecular weight excluding hydrogens is 236 g/mol. The first-order valence-corrected chi connectivity index (χ1v) is 7.29. The van der Waals surface area contributed by atoms with Crippen molar-refractivity contribution in [2.24, 2.45) is 0 Å². The number of hydrogen-bond acceptors (Lipinski definition) is 3. The highest BCUT2D eigenvalue weighted by molar-refractivity contribution is 5.40. The zero-order chi connectivity index (χ0) is 14.1. The molecule has 3 heteroatoms. The van der Waals surface area contributed by atoms with Crippen LogP contribution < -0.4 is 5.73 Å². The molecule has 1 rings (SSSR count). The number of rotatable bonds is 9. The Morgan fingerprint density at radius 2 is 2.05 bits per heavy atom. The lowest BCUT2D eigenvalue weighted by molar-refractivity contribution is 0.0877. The van der Waals surface area contributed by atoms with E-state index in [1.165, 1.54) is 12.0 Å². The van der Waals surface area contributed by atoms with Gasteiger partial charge in [-0.05, 0) is 38.0 Å². The van der Waals surface area contributed by atoms with Crippen molar-refractivity contribution >= 4 is 5.69 Å². The first-order chi connectivity index (χ1) is 9.13. The van der Waals surface area contributed by atoms with Crippen LogP contribution in [0.5, 0.6) is 0 Å². The van der Waals surface area contributed by atoms with Crippen LogP contribution in [0.25, 0.3) is 0 Å². The summed E-state index contributed by atoms with van der Waals surface area (Å²) in [4.78, 5) is 2.42. The Morgan fingerprint density at radius 3 is 2.68 bits per heavy atom. The Morgan fingerprint density at radius 1 is 1.26 bits per heavy atom. The third-order valence-electron chi connectivity index (χ3n) is 3.23. The number of unbranched alkanes of at least 4 members (excludes halogenated alkanes) is 1. The number of hydrogen-bond donors (Lipinski definition) is 1. The number of nitrogens with two attached hydrogens (primary N) is 1. The van der Waals surface area contributed by atoms with Crippen molar-refractivity contribution < 1.29 is 4.74 Å². The normalized spacial score (nSPS) is 11.4. The fourth-order valence-corrected chi connectivity index (χ4v) is 1.98. The van der Waals surface area contributed by atoms with Crippen LogP contribution in [0, 0.1) is 0 Å². The average molecular weight is 264 g/mol. The van der Waals surface area contributed by atoms with Crippen LogP contribution in [0.15, 0.2) is 24.3 Å². The van der Waals surface area contributed by atoms with Crippen LogP contribution in [0.3, 0.4) is 0 Å². The number of nitrogens with zero attached hydrogens (tertiary/aromatic N) is 1. The van der Waals surface area contributed by atoms with Gasteiger partial charge in [0.05, 0.1) is 6.61 Å². The van der Waals surface area contributed by atoms with Crippen LogP contribution in [-0.4, -0.2) is 30.7 Å². The van der Waals surface area contributed by atoms with Gasteiger partial charge in [0.1, 0.15) is 0 Å². The molecule has 0 unspecified atom stereocenters. The topological polar surface area (TPSA) is 38.5 Å². The first kappa shape index (κ1) is 16.0. The molecule has 0 spiro atoms. The molecule has 1 aromatic rings. The van der Waals surface area contributed by atoms with Gasteiger partial charge >= 0.3 is 0 Å². The quantitative estimate of drug-likeness (QED) is 0.549. The van der Waals surface area contributed by atoms with Crippen molar-refractivity contribution in [1.82, 2.24) is 4.90 Å². The van der Waals surface area contributed by atoms with E-state index in [-0.39, 0.29) is 0 Å². The zero-order valence-electron chi connectivity index (χ0n) is 12.6. The third-order valence-corrected chi connectivity index (χ3v) is 3.23. The van der Waals surface area contributed by atoms with E-state index >= 15 is 0 Å². The molecule has 0 fully saturated rings. The van der Waals surface area contributed by atoms with Gasteiger partial charge in [0, 0.05) is 31.4 Å². The minimum absolute atomic E-state index is 0.510. The first-order valence-electron chi connectivity index (χ1n) is 7.29. The number of benzene rings is 1. The molecule has 0 aliphatic carbocycles. The van der Waals surface area contributed by atoms with Crippen LogP contribution in [-0.2, 0) is 11.3 Å². The van der Waals surface area contributed by atoms with Crippen molar-refractivity contribution in [2.75, 3.05) is 25.5 Å². The predicted molar refractivity (Wildman–Crippen MR) is 82.1 cm³/mol. The molecule has 0 amide bonds. The largest absolute Gasteiger partial charge is 0.399 e. The Bertz CT molecular complexity index is 352. The summed E-state index contributed by atoms with van der Waals surface area (Å²) in [5, 5.41) is 0. The van der Waals surface area contributed by atoms with Gasteiger partial charge < -0.3 is 10.5 Å². The van der Waals surface area contributed by atoms with E-state index in [1.54, 1.807) is 0 Å². The van der Waals surface area contributed by atoms with E-state index in [0.29, 0.717) is 6.04 Å². The van der Waals surface area contributed by atoms with E-state index in [1.807, 2.05) is 18.2 Å². The second-order valence-corrected chi connectivity index (χ2v) is 5.28. The number of nitrogen functional groups attached to an aromatic ring is 1. The summed E-state index contributed by atoms with van der Waals surface area (Å²) in [6.07, 6.45) is 2.34. The van der Waals surface area contributed by atoms with Crippen molar-refractivity contribution in [2.45, 2.75) is 46.2 Å². The van der Waals surface area contributed by atoms with Crippen molar-refractivity contribution in [1.29, 1.82) is 0 Å². The molecule has 0 saturated heterocycles. The second kappa shape index (κ2) is 8.94. The smallest absolute Gasteiger partial charge is 0.0593 e. The number of anilines is 1. The summed E-state index contributed by atoms with van der Waals surface area (Å²) in [6.45, 7) is 10.2. The van der Waals surface area contributed by atoms with Gasteiger partial charge in [0.15, 0.2) is 0 Å². The minimum Gasteiger partial charge on any atom is -0.399 e. The molecule has 0 heterocycles. The summed E-state index contributed by atoms with van der Waals surface area (Å²) < 4.78 is 5.65. The van der Waals surface area contributed by atoms with E-state index in [0.717, 1.165) is 38.4 Å². The molecule has 2 N–H and O–H groups in total. The maximum absolute atomic E-state index is 5.82. The fourth-order valence-electron chi connectivity index (χ4n) is 1.98. The van der Waals surface area contributed by atoms with E-state index in [2.05, 4.69) is 31.7 Å². The number of ether oxygens (including phenoxy) is 1. The fraction of sp³-hybridized carbons (Fsp3) is 0.625. The molecule has 19 heavy (non-hydrogen) atoms.